The number of aryl methyl sites for hydroxylation is 1. The Kier molecular flexibility index (Phi) is 8.99. The molecular formula is C22H29NO8. The highest BCUT2D eigenvalue weighted by Crippen LogP contribution is 2.29. The van der Waals surface area contributed by atoms with E-state index in [0.29, 0.717) is 12.8 Å². The quantitative estimate of drug-likeness (QED) is 0.480. The molecule has 1 amide bonds. The molecule has 170 valence electrons. The van der Waals surface area contributed by atoms with E-state index in [1.54, 1.807) is 0 Å². The van der Waals surface area contributed by atoms with Crippen LogP contribution in [0.2, 0.25) is 0 Å². The zero-order valence-electron chi connectivity index (χ0n) is 18.2. The summed E-state index contributed by atoms with van der Waals surface area (Å²) in [5.41, 5.74) is 1.07. The van der Waals surface area contributed by atoms with E-state index in [1.165, 1.54) is 27.7 Å². The second-order valence-electron chi connectivity index (χ2n) is 7.41. The molecule has 2 rings (SSSR count). The van der Waals surface area contributed by atoms with Crippen LogP contribution in [0.3, 0.4) is 0 Å². The monoisotopic (exact) mass is 435 g/mol. The largest absolute Gasteiger partial charge is 0.463 e. The minimum atomic E-state index is -1.06. The lowest BCUT2D eigenvalue weighted by atomic mass is 9.89. The standard InChI is InChI=1S/C22H29NO8/c1-13(24)23-20-18(11-10-17-8-6-5-7-9-17)31-19(12-28-14(2)25)21(29-15(3)26)22(20)30-16(4)27/h5-9,18-22H,10-12H2,1-4H3,(H,23,24)/t18-,19-,20+,21-,22-/m1/s1. The molecule has 1 N–H and O–H groups in total. The highest BCUT2D eigenvalue weighted by Gasteiger charge is 2.50. The number of carbonyl (C=O) groups is 4. The Balaban J connectivity index is 2.35. The summed E-state index contributed by atoms with van der Waals surface area (Å²) in [4.78, 5) is 46.8. The van der Waals surface area contributed by atoms with E-state index in [-0.39, 0.29) is 12.5 Å². The van der Waals surface area contributed by atoms with Gasteiger partial charge in [-0.1, -0.05) is 30.3 Å². The van der Waals surface area contributed by atoms with Crippen LogP contribution in [0, 0.1) is 0 Å². The molecule has 0 spiro atoms. The van der Waals surface area contributed by atoms with E-state index in [0.717, 1.165) is 5.56 Å². The Bertz CT molecular complexity index is 781. The van der Waals surface area contributed by atoms with Gasteiger partial charge >= 0.3 is 17.9 Å². The fourth-order valence-electron chi connectivity index (χ4n) is 3.63. The summed E-state index contributed by atoms with van der Waals surface area (Å²) in [6.45, 7) is 4.83. The zero-order valence-corrected chi connectivity index (χ0v) is 18.2. The highest BCUT2D eigenvalue weighted by molar-refractivity contribution is 5.73. The van der Waals surface area contributed by atoms with Crippen molar-refractivity contribution in [3.8, 4) is 0 Å². The van der Waals surface area contributed by atoms with Crippen molar-refractivity contribution in [3.63, 3.8) is 0 Å². The lowest BCUT2D eigenvalue weighted by Gasteiger charge is -2.45. The molecule has 1 aliphatic rings. The van der Waals surface area contributed by atoms with E-state index in [2.05, 4.69) is 5.32 Å². The van der Waals surface area contributed by atoms with Gasteiger partial charge in [0.05, 0.1) is 12.1 Å². The van der Waals surface area contributed by atoms with Gasteiger partial charge in [0.2, 0.25) is 5.91 Å². The Hall–Kier alpha value is -2.94. The predicted octanol–water partition coefficient (Wildman–Crippen LogP) is 1.32. The summed E-state index contributed by atoms with van der Waals surface area (Å²) in [7, 11) is 0. The number of hydrogen-bond donors (Lipinski definition) is 1. The molecule has 0 aliphatic carbocycles. The molecule has 0 bridgehead atoms. The molecule has 5 atom stereocenters. The van der Waals surface area contributed by atoms with Gasteiger partial charge in [0.15, 0.2) is 12.2 Å². The molecule has 1 aromatic carbocycles. The van der Waals surface area contributed by atoms with Crippen LogP contribution in [0.1, 0.15) is 39.7 Å². The first-order valence-corrected chi connectivity index (χ1v) is 10.1. The maximum atomic E-state index is 11.9. The first-order valence-electron chi connectivity index (χ1n) is 10.1. The van der Waals surface area contributed by atoms with E-state index < -0.39 is 48.4 Å². The highest BCUT2D eigenvalue weighted by atomic mass is 16.6. The average Bonchev–Trinajstić information content (AvgIpc) is 2.68. The summed E-state index contributed by atoms with van der Waals surface area (Å²) in [6.07, 6.45) is -2.42. The minimum Gasteiger partial charge on any atom is -0.463 e. The van der Waals surface area contributed by atoms with Gasteiger partial charge in [-0.3, -0.25) is 19.2 Å². The van der Waals surface area contributed by atoms with Crippen LogP contribution in [-0.4, -0.2) is 60.9 Å². The van der Waals surface area contributed by atoms with Gasteiger partial charge in [-0.2, -0.15) is 0 Å². The van der Waals surface area contributed by atoms with Gasteiger partial charge in [-0.15, -0.1) is 0 Å². The van der Waals surface area contributed by atoms with Crippen molar-refractivity contribution >= 4 is 23.8 Å². The van der Waals surface area contributed by atoms with Crippen molar-refractivity contribution in [1.82, 2.24) is 5.32 Å². The molecule has 0 saturated carbocycles. The predicted molar refractivity (Wildman–Crippen MR) is 109 cm³/mol. The van der Waals surface area contributed by atoms with Gasteiger partial charge in [0.1, 0.15) is 12.7 Å². The smallest absolute Gasteiger partial charge is 0.303 e. The van der Waals surface area contributed by atoms with Gasteiger partial charge in [-0.05, 0) is 18.4 Å². The van der Waals surface area contributed by atoms with Crippen molar-refractivity contribution in [1.29, 1.82) is 0 Å². The van der Waals surface area contributed by atoms with E-state index >= 15 is 0 Å². The average molecular weight is 435 g/mol. The van der Waals surface area contributed by atoms with Crippen LogP contribution < -0.4 is 5.32 Å². The third-order valence-electron chi connectivity index (χ3n) is 4.78. The van der Waals surface area contributed by atoms with Crippen molar-refractivity contribution < 1.29 is 38.1 Å². The first-order chi connectivity index (χ1) is 14.7. The lowest BCUT2D eigenvalue weighted by Crippen LogP contribution is -2.66. The molecule has 9 heteroatoms. The number of ether oxygens (including phenoxy) is 4. The van der Waals surface area contributed by atoms with Crippen LogP contribution >= 0.6 is 0 Å². The molecule has 31 heavy (non-hydrogen) atoms. The molecule has 1 heterocycles. The molecule has 1 aromatic rings. The Morgan fingerprint density at radius 3 is 2.03 bits per heavy atom. The number of rotatable bonds is 8. The third-order valence-corrected chi connectivity index (χ3v) is 4.78. The number of hydrogen-bond acceptors (Lipinski definition) is 8. The first kappa shape index (κ1) is 24.3. The SMILES string of the molecule is CC(=O)N[C@@H]1[C@@H](OC(C)=O)[C@H](OC(C)=O)[C@@H](COC(C)=O)O[C@@H]1CCc1ccccc1. The van der Waals surface area contributed by atoms with Gasteiger partial charge < -0.3 is 24.3 Å². The lowest BCUT2D eigenvalue weighted by molar-refractivity contribution is -0.224. The summed E-state index contributed by atoms with van der Waals surface area (Å²) in [5.74, 6) is -2.11. The van der Waals surface area contributed by atoms with E-state index in [4.69, 9.17) is 18.9 Å². The fourth-order valence-corrected chi connectivity index (χ4v) is 3.63. The summed E-state index contributed by atoms with van der Waals surface area (Å²) < 4.78 is 22.1. The normalized spacial score (nSPS) is 25.2. The van der Waals surface area contributed by atoms with E-state index in [9.17, 15) is 19.2 Å². The summed E-state index contributed by atoms with van der Waals surface area (Å²) in [5, 5.41) is 2.77. The molecule has 9 nitrogen and oxygen atoms in total. The second kappa shape index (κ2) is 11.5. The van der Waals surface area contributed by atoms with Crippen LogP contribution in [0.25, 0.3) is 0 Å². The molecular weight excluding hydrogens is 406 g/mol. The minimum absolute atomic E-state index is 0.195. The summed E-state index contributed by atoms with van der Waals surface area (Å²) in [6, 6.07) is 8.93. The number of amides is 1. The van der Waals surface area contributed by atoms with Crippen LogP contribution in [0.4, 0.5) is 0 Å². The van der Waals surface area contributed by atoms with Crippen molar-refractivity contribution in [2.24, 2.45) is 0 Å². The maximum Gasteiger partial charge on any atom is 0.303 e. The number of esters is 3. The van der Waals surface area contributed by atoms with Gasteiger partial charge in [-0.25, -0.2) is 0 Å². The topological polar surface area (TPSA) is 117 Å². The molecule has 1 fully saturated rings. The summed E-state index contributed by atoms with van der Waals surface area (Å²) >= 11 is 0. The van der Waals surface area contributed by atoms with Crippen LogP contribution in [0.5, 0.6) is 0 Å². The molecule has 1 aliphatic heterocycles. The Morgan fingerprint density at radius 2 is 1.48 bits per heavy atom. The number of nitrogens with one attached hydrogen (secondary N) is 1. The molecule has 0 unspecified atom stereocenters. The number of benzene rings is 1. The fraction of sp³-hybridized carbons (Fsp3) is 0.545. The molecule has 0 radical (unpaired) electrons. The second-order valence-corrected chi connectivity index (χ2v) is 7.41. The van der Waals surface area contributed by atoms with Crippen molar-refractivity contribution in [2.75, 3.05) is 6.61 Å². The van der Waals surface area contributed by atoms with E-state index in [1.807, 2.05) is 30.3 Å². The van der Waals surface area contributed by atoms with Crippen molar-refractivity contribution in [3.05, 3.63) is 35.9 Å². The number of carbonyl (C=O) groups excluding carboxylic acids is 4. The van der Waals surface area contributed by atoms with Gasteiger partial charge in [0.25, 0.3) is 0 Å². The Morgan fingerprint density at radius 1 is 0.871 bits per heavy atom. The van der Waals surface area contributed by atoms with Crippen molar-refractivity contribution in [2.45, 2.75) is 71.0 Å². The molecule has 0 aromatic heterocycles. The zero-order chi connectivity index (χ0) is 23.0. The maximum absolute atomic E-state index is 11.9. The van der Waals surface area contributed by atoms with Crippen LogP contribution in [-0.2, 0) is 44.5 Å². The third kappa shape index (κ3) is 7.67. The van der Waals surface area contributed by atoms with Crippen LogP contribution in [0.15, 0.2) is 30.3 Å². The Labute approximate surface area is 181 Å². The molecule has 1 saturated heterocycles. The van der Waals surface area contributed by atoms with Gasteiger partial charge in [0, 0.05) is 27.7 Å².